The predicted molar refractivity (Wildman–Crippen MR) is 71.2 cm³/mol. The Labute approximate surface area is 113 Å². The van der Waals surface area contributed by atoms with Crippen molar-refractivity contribution in [3.63, 3.8) is 0 Å². The van der Waals surface area contributed by atoms with E-state index in [1.165, 1.54) is 0 Å². The van der Waals surface area contributed by atoms with Gasteiger partial charge in [0.05, 0.1) is 16.9 Å². The van der Waals surface area contributed by atoms with E-state index in [1.807, 2.05) is 0 Å². The van der Waals surface area contributed by atoms with Crippen LogP contribution in [0.1, 0.15) is 11.1 Å². The first kappa shape index (κ1) is 13.9. The van der Waals surface area contributed by atoms with Gasteiger partial charge in [-0.05, 0) is 30.3 Å². The van der Waals surface area contributed by atoms with E-state index in [9.17, 15) is 18.3 Å². The summed E-state index contributed by atoms with van der Waals surface area (Å²) in [4.78, 5) is 3.98. The lowest BCUT2D eigenvalue weighted by molar-refractivity contribution is -0.137. The summed E-state index contributed by atoms with van der Waals surface area (Å²) < 4.78 is 37.7. The quantitative estimate of drug-likeness (QED) is 0.650. The van der Waals surface area contributed by atoms with Crippen molar-refractivity contribution in [1.29, 1.82) is 0 Å². The number of anilines is 1. The van der Waals surface area contributed by atoms with Crippen molar-refractivity contribution in [3.05, 3.63) is 53.6 Å². The second-order valence-electron chi connectivity index (χ2n) is 4.09. The zero-order chi connectivity index (χ0) is 14.8. The Morgan fingerprint density at radius 2 is 1.80 bits per heavy atom. The standard InChI is InChI=1S/C14H11F3N2O/c15-14(16,17)10-5-6-13(20)9(7-10)8-19-12-4-2-1-3-11(12)18/h1-8,20H,18H2. The molecule has 104 valence electrons. The van der Waals surface area contributed by atoms with Crippen molar-refractivity contribution in [3.8, 4) is 5.75 Å². The molecule has 2 rings (SSSR count). The van der Waals surface area contributed by atoms with Crippen LogP contribution in [-0.4, -0.2) is 11.3 Å². The number of nitrogens with two attached hydrogens (primary N) is 1. The van der Waals surface area contributed by atoms with Crippen molar-refractivity contribution in [2.24, 2.45) is 4.99 Å². The number of halogens is 3. The van der Waals surface area contributed by atoms with Gasteiger partial charge in [-0.2, -0.15) is 13.2 Å². The second kappa shape index (κ2) is 5.24. The van der Waals surface area contributed by atoms with Gasteiger partial charge in [0.1, 0.15) is 5.75 Å². The fourth-order valence-electron chi connectivity index (χ4n) is 1.58. The van der Waals surface area contributed by atoms with Crippen LogP contribution in [-0.2, 0) is 6.18 Å². The molecule has 0 unspecified atom stereocenters. The van der Waals surface area contributed by atoms with E-state index >= 15 is 0 Å². The molecule has 0 aliphatic heterocycles. The van der Waals surface area contributed by atoms with Crippen molar-refractivity contribution in [2.45, 2.75) is 6.18 Å². The SMILES string of the molecule is Nc1ccccc1N=Cc1cc(C(F)(F)F)ccc1O. The summed E-state index contributed by atoms with van der Waals surface area (Å²) in [6.07, 6.45) is -3.32. The third-order valence-corrected chi connectivity index (χ3v) is 2.63. The topological polar surface area (TPSA) is 58.6 Å². The molecule has 0 fully saturated rings. The lowest BCUT2D eigenvalue weighted by Crippen LogP contribution is -2.05. The van der Waals surface area contributed by atoms with Crippen LogP contribution >= 0.6 is 0 Å². The van der Waals surface area contributed by atoms with Crippen LogP contribution in [0.3, 0.4) is 0 Å². The van der Waals surface area contributed by atoms with Gasteiger partial charge >= 0.3 is 6.18 Å². The molecule has 0 bridgehead atoms. The van der Waals surface area contributed by atoms with Gasteiger partial charge in [-0.25, -0.2) is 0 Å². The smallest absolute Gasteiger partial charge is 0.416 e. The van der Waals surface area contributed by atoms with Crippen LogP contribution in [0.15, 0.2) is 47.5 Å². The van der Waals surface area contributed by atoms with Crippen LogP contribution in [0.25, 0.3) is 0 Å². The number of hydrogen-bond acceptors (Lipinski definition) is 3. The molecular weight excluding hydrogens is 269 g/mol. The molecule has 0 amide bonds. The summed E-state index contributed by atoms with van der Waals surface area (Å²) in [7, 11) is 0. The summed E-state index contributed by atoms with van der Waals surface area (Å²) in [6, 6.07) is 9.29. The highest BCUT2D eigenvalue weighted by atomic mass is 19.4. The van der Waals surface area contributed by atoms with Crippen LogP contribution in [0.5, 0.6) is 5.75 Å². The first-order valence-electron chi connectivity index (χ1n) is 5.67. The van der Waals surface area contributed by atoms with Crippen molar-refractivity contribution >= 4 is 17.6 Å². The molecule has 2 aromatic carbocycles. The van der Waals surface area contributed by atoms with Crippen LogP contribution < -0.4 is 5.73 Å². The van der Waals surface area contributed by atoms with E-state index in [0.717, 1.165) is 24.4 Å². The van der Waals surface area contributed by atoms with Crippen molar-refractivity contribution in [1.82, 2.24) is 0 Å². The largest absolute Gasteiger partial charge is 0.507 e. The summed E-state index contributed by atoms with van der Waals surface area (Å²) in [5, 5.41) is 9.56. The van der Waals surface area contributed by atoms with Gasteiger partial charge in [-0.1, -0.05) is 12.1 Å². The number of aromatic hydroxyl groups is 1. The van der Waals surface area contributed by atoms with Crippen molar-refractivity contribution in [2.75, 3.05) is 5.73 Å². The van der Waals surface area contributed by atoms with Gasteiger partial charge < -0.3 is 10.8 Å². The van der Waals surface area contributed by atoms with Crippen LogP contribution in [0.2, 0.25) is 0 Å². The first-order valence-corrected chi connectivity index (χ1v) is 5.67. The van der Waals surface area contributed by atoms with Crippen molar-refractivity contribution < 1.29 is 18.3 Å². The maximum atomic E-state index is 12.6. The Balaban J connectivity index is 2.36. The summed E-state index contributed by atoms with van der Waals surface area (Å²) in [6.45, 7) is 0. The lowest BCUT2D eigenvalue weighted by Gasteiger charge is -2.08. The number of benzene rings is 2. The average molecular weight is 280 g/mol. The highest BCUT2D eigenvalue weighted by molar-refractivity contribution is 5.87. The number of hydrogen-bond donors (Lipinski definition) is 2. The minimum Gasteiger partial charge on any atom is -0.507 e. The van der Waals surface area contributed by atoms with Gasteiger partial charge in [0.2, 0.25) is 0 Å². The molecule has 0 radical (unpaired) electrons. The van der Waals surface area contributed by atoms with Crippen LogP contribution in [0, 0.1) is 0 Å². The Kier molecular flexibility index (Phi) is 3.65. The highest BCUT2D eigenvalue weighted by Gasteiger charge is 2.30. The normalized spacial score (nSPS) is 11.9. The molecule has 3 N–H and O–H groups in total. The Bertz CT molecular complexity index is 651. The predicted octanol–water partition coefficient (Wildman–Crippen LogP) is 3.74. The van der Waals surface area contributed by atoms with Gasteiger partial charge in [0, 0.05) is 11.8 Å². The molecule has 0 atom stereocenters. The minimum atomic E-state index is -4.47. The molecule has 0 saturated heterocycles. The number of phenols is 1. The highest BCUT2D eigenvalue weighted by Crippen LogP contribution is 2.32. The zero-order valence-corrected chi connectivity index (χ0v) is 10.2. The molecule has 0 aliphatic rings. The molecule has 0 aliphatic carbocycles. The molecule has 0 heterocycles. The first-order chi connectivity index (χ1) is 9.38. The fraction of sp³-hybridized carbons (Fsp3) is 0.0714. The summed E-state index contributed by atoms with van der Waals surface area (Å²) >= 11 is 0. The molecule has 3 nitrogen and oxygen atoms in total. The van der Waals surface area contributed by atoms with E-state index in [2.05, 4.69) is 4.99 Å². The Hall–Kier alpha value is -2.50. The number of rotatable bonds is 2. The van der Waals surface area contributed by atoms with Gasteiger partial charge in [0.25, 0.3) is 0 Å². The van der Waals surface area contributed by atoms with E-state index < -0.39 is 11.7 Å². The molecule has 0 spiro atoms. The van der Waals surface area contributed by atoms with Gasteiger partial charge in [-0.3, -0.25) is 4.99 Å². The third-order valence-electron chi connectivity index (χ3n) is 2.63. The number of para-hydroxylation sites is 2. The summed E-state index contributed by atoms with van der Waals surface area (Å²) in [5.74, 6) is -0.281. The molecule has 20 heavy (non-hydrogen) atoms. The number of alkyl halides is 3. The molecule has 2 aromatic rings. The second-order valence-corrected chi connectivity index (χ2v) is 4.09. The van der Waals surface area contributed by atoms with Crippen LogP contribution in [0.4, 0.5) is 24.5 Å². The lowest BCUT2D eigenvalue weighted by atomic mass is 10.1. The molecule has 0 aromatic heterocycles. The van der Waals surface area contributed by atoms with Gasteiger partial charge in [0.15, 0.2) is 0 Å². The maximum Gasteiger partial charge on any atom is 0.416 e. The van der Waals surface area contributed by atoms with E-state index in [1.54, 1.807) is 24.3 Å². The third kappa shape index (κ3) is 3.09. The minimum absolute atomic E-state index is 0.0249. The molecule has 6 heteroatoms. The number of nitrogens with zero attached hydrogens (tertiary/aromatic N) is 1. The maximum absolute atomic E-state index is 12.6. The number of aliphatic imine (C=N–C) groups is 1. The van der Waals surface area contributed by atoms with E-state index in [4.69, 9.17) is 5.73 Å². The molecule has 0 saturated carbocycles. The fourth-order valence-corrected chi connectivity index (χ4v) is 1.58. The molecular formula is C14H11F3N2O. The number of phenolic OH excluding ortho intramolecular Hbond substituents is 1. The number of nitrogen functional groups attached to an aromatic ring is 1. The Morgan fingerprint density at radius 1 is 1.10 bits per heavy atom. The van der Waals surface area contributed by atoms with E-state index in [0.29, 0.717) is 11.4 Å². The zero-order valence-electron chi connectivity index (χ0n) is 10.2. The van der Waals surface area contributed by atoms with E-state index in [-0.39, 0.29) is 11.3 Å². The van der Waals surface area contributed by atoms with Gasteiger partial charge in [-0.15, -0.1) is 0 Å². The average Bonchev–Trinajstić information content (AvgIpc) is 2.38. The summed E-state index contributed by atoms with van der Waals surface area (Å²) in [5.41, 5.74) is 5.61. The monoisotopic (exact) mass is 280 g/mol. The Morgan fingerprint density at radius 3 is 2.45 bits per heavy atom.